The van der Waals surface area contributed by atoms with Crippen LogP contribution in [0.1, 0.15) is 70.6 Å². The molecule has 0 saturated heterocycles. The molecule has 0 aliphatic heterocycles. The standard InChI is InChI=1S/C18H29N5/c1-23-18-16(13-21-23)17(19-14-20-18)22-15-11-9-7-5-3-2-4-6-8-10-12-15/h13-15H,2-12H2,1H3,(H,19,20,22). The van der Waals surface area contributed by atoms with E-state index in [0.717, 1.165) is 16.9 Å². The van der Waals surface area contributed by atoms with Crippen LogP contribution < -0.4 is 5.32 Å². The second-order valence-electron chi connectivity index (χ2n) is 6.83. The van der Waals surface area contributed by atoms with Gasteiger partial charge in [0.15, 0.2) is 5.65 Å². The number of hydrogen-bond acceptors (Lipinski definition) is 4. The van der Waals surface area contributed by atoms with Gasteiger partial charge < -0.3 is 5.32 Å². The van der Waals surface area contributed by atoms with Gasteiger partial charge in [0.25, 0.3) is 0 Å². The zero-order valence-corrected chi connectivity index (χ0v) is 14.3. The predicted molar refractivity (Wildman–Crippen MR) is 94.5 cm³/mol. The molecule has 5 nitrogen and oxygen atoms in total. The van der Waals surface area contributed by atoms with Gasteiger partial charge in [0, 0.05) is 13.1 Å². The van der Waals surface area contributed by atoms with E-state index in [1.165, 1.54) is 70.6 Å². The van der Waals surface area contributed by atoms with Crippen molar-refractivity contribution in [2.75, 3.05) is 5.32 Å². The zero-order chi connectivity index (χ0) is 15.9. The topological polar surface area (TPSA) is 55.6 Å². The number of fused-ring (bicyclic) bond motifs is 1. The Hall–Kier alpha value is -1.65. The third kappa shape index (κ3) is 4.43. The van der Waals surface area contributed by atoms with Crippen LogP contribution in [-0.2, 0) is 7.05 Å². The molecule has 0 aromatic carbocycles. The Bertz CT molecular complexity index is 594. The third-order valence-corrected chi connectivity index (χ3v) is 4.98. The van der Waals surface area contributed by atoms with Crippen molar-refractivity contribution in [1.29, 1.82) is 0 Å². The molecule has 0 atom stereocenters. The van der Waals surface area contributed by atoms with Crippen LogP contribution in [0.4, 0.5) is 5.82 Å². The molecule has 2 heterocycles. The number of nitrogens with one attached hydrogen (secondary N) is 1. The van der Waals surface area contributed by atoms with Gasteiger partial charge in [0.2, 0.25) is 0 Å². The fourth-order valence-electron chi connectivity index (χ4n) is 3.58. The number of aryl methyl sites for hydroxylation is 1. The minimum atomic E-state index is 0.521. The molecule has 1 fully saturated rings. The first-order chi connectivity index (χ1) is 11.3. The van der Waals surface area contributed by atoms with E-state index in [2.05, 4.69) is 20.4 Å². The van der Waals surface area contributed by atoms with E-state index in [1.807, 2.05) is 17.9 Å². The van der Waals surface area contributed by atoms with Crippen molar-refractivity contribution in [1.82, 2.24) is 19.7 Å². The largest absolute Gasteiger partial charge is 0.367 e. The van der Waals surface area contributed by atoms with Crippen molar-refractivity contribution >= 4 is 16.9 Å². The fourth-order valence-corrected chi connectivity index (χ4v) is 3.58. The van der Waals surface area contributed by atoms with Gasteiger partial charge in [-0.3, -0.25) is 4.68 Å². The lowest BCUT2D eigenvalue weighted by atomic mass is 9.98. The van der Waals surface area contributed by atoms with Crippen LogP contribution in [0.3, 0.4) is 0 Å². The number of aromatic nitrogens is 4. The van der Waals surface area contributed by atoms with Gasteiger partial charge in [-0.15, -0.1) is 0 Å². The smallest absolute Gasteiger partial charge is 0.163 e. The van der Waals surface area contributed by atoms with E-state index in [-0.39, 0.29) is 0 Å². The van der Waals surface area contributed by atoms with E-state index >= 15 is 0 Å². The van der Waals surface area contributed by atoms with Crippen molar-refractivity contribution in [2.45, 2.75) is 76.7 Å². The maximum absolute atomic E-state index is 4.47. The highest BCUT2D eigenvalue weighted by atomic mass is 15.3. The van der Waals surface area contributed by atoms with Gasteiger partial charge in [-0.25, -0.2) is 9.97 Å². The molecule has 3 rings (SSSR count). The first kappa shape index (κ1) is 16.2. The Morgan fingerprint density at radius 3 is 2.17 bits per heavy atom. The van der Waals surface area contributed by atoms with Crippen LogP contribution in [0.25, 0.3) is 11.0 Å². The summed E-state index contributed by atoms with van der Waals surface area (Å²) >= 11 is 0. The lowest BCUT2D eigenvalue weighted by Crippen LogP contribution is -2.20. The zero-order valence-electron chi connectivity index (χ0n) is 14.3. The van der Waals surface area contributed by atoms with Crippen molar-refractivity contribution in [3.8, 4) is 0 Å². The minimum Gasteiger partial charge on any atom is -0.367 e. The van der Waals surface area contributed by atoms with Gasteiger partial charge in [-0.1, -0.05) is 57.8 Å². The monoisotopic (exact) mass is 315 g/mol. The van der Waals surface area contributed by atoms with E-state index in [1.54, 1.807) is 6.33 Å². The van der Waals surface area contributed by atoms with Gasteiger partial charge >= 0.3 is 0 Å². The van der Waals surface area contributed by atoms with Crippen molar-refractivity contribution < 1.29 is 0 Å². The minimum absolute atomic E-state index is 0.521. The van der Waals surface area contributed by atoms with Gasteiger partial charge in [-0.05, 0) is 12.8 Å². The highest BCUT2D eigenvalue weighted by molar-refractivity contribution is 5.86. The maximum atomic E-state index is 4.47. The SMILES string of the molecule is Cn1ncc2c(NC3CCCCCCCCCCC3)ncnc21. The predicted octanol–water partition coefficient (Wildman–Crippen LogP) is 4.45. The summed E-state index contributed by atoms with van der Waals surface area (Å²) in [6.45, 7) is 0. The van der Waals surface area contributed by atoms with E-state index in [0.29, 0.717) is 6.04 Å². The summed E-state index contributed by atoms with van der Waals surface area (Å²) in [4.78, 5) is 8.80. The summed E-state index contributed by atoms with van der Waals surface area (Å²) in [7, 11) is 1.93. The number of anilines is 1. The normalized spacial score (nSPS) is 19.2. The van der Waals surface area contributed by atoms with Crippen LogP contribution in [0.2, 0.25) is 0 Å². The van der Waals surface area contributed by atoms with Crippen LogP contribution in [0.15, 0.2) is 12.5 Å². The van der Waals surface area contributed by atoms with Crippen molar-refractivity contribution in [2.24, 2.45) is 7.05 Å². The molecule has 1 N–H and O–H groups in total. The van der Waals surface area contributed by atoms with E-state index < -0.39 is 0 Å². The maximum Gasteiger partial charge on any atom is 0.163 e. The Kier molecular flexibility index (Phi) is 5.83. The molecule has 2 aromatic rings. The molecule has 0 spiro atoms. The van der Waals surface area contributed by atoms with Crippen LogP contribution >= 0.6 is 0 Å². The second kappa shape index (κ2) is 8.27. The molecule has 1 saturated carbocycles. The fraction of sp³-hybridized carbons (Fsp3) is 0.722. The molecule has 126 valence electrons. The van der Waals surface area contributed by atoms with Gasteiger partial charge in [0.05, 0.1) is 11.6 Å². The number of rotatable bonds is 2. The Morgan fingerprint density at radius 2 is 1.52 bits per heavy atom. The molecule has 0 bridgehead atoms. The summed E-state index contributed by atoms with van der Waals surface area (Å²) in [5, 5.41) is 9.02. The summed E-state index contributed by atoms with van der Waals surface area (Å²) in [5.74, 6) is 0.945. The molecule has 0 radical (unpaired) electrons. The van der Waals surface area contributed by atoms with Crippen LogP contribution in [0, 0.1) is 0 Å². The second-order valence-corrected chi connectivity index (χ2v) is 6.83. The molecule has 23 heavy (non-hydrogen) atoms. The molecular formula is C18H29N5. The van der Waals surface area contributed by atoms with Gasteiger partial charge in [0.1, 0.15) is 12.1 Å². The van der Waals surface area contributed by atoms with Crippen molar-refractivity contribution in [3.63, 3.8) is 0 Å². The molecule has 0 unspecified atom stereocenters. The Morgan fingerprint density at radius 1 is 0.913 bits per heavy atom. The summed E-state index contributed by atoms with van der Waals surface area (Å²) < 4.78 is 1.81. The van der Waals surface area contributed by atoms with Crippen LogP contribution in [-0.4, -0.2) is 25.8 Å². The third-order valence-electron chi connectivity index (χ3n) is 4.98. The molecule has 5 heteroatoms. The van der Waals surface area contributed by atoms with Crippen molar-refractivity contribution in [3.05, 3.63) is 12.5 Å². The summed E-state index contributed by atoms with van der Waals surface area (Å²) in [6.07, 6.45) is 18.4. The summed E-state index contributed by atoms with van der Waals surface area (Å²) in [5.41, 5.74) is 0.899. The average molecular weight is 315 g/mol. The van der Waals surface area contributed by atoms with Gasteiger partial charge in [-0.2, -0.15) is 5.10 Å². The number of nitrogens with zero attached hydrogens (tertiary/aromatic N) is 4. The molecule has 2 aromatic heterocycles. The molecule has 1 aliphatic rings. The Balaban J connectivity index is 1.67. The molecule has 1 aliphatic carbocycles. The average Bonchev–Trinajstić information content (AvgIpc) is 2.93. The lowest BCUT2D eigenvalue weighted by Gasteiger charge is -2.20. The summed E-state index contributed by atoms with van der Waals surface area (Å²) in [6, 6.07) is 0.521. The highest BCUT2D eigenvalue weighted by Crippen LogP contribution is 2.23. The molecular weight excluding hydrogens is 286 g/mol. The number of hydrogen-bond donors (Lipinski definition) is 1. The lowest BCUT2D eigenvalue weighted by molar-refractivity contribution is 0.480. The first-order valence-corrected chi connectivity index (χ1v) is 9.24. The first-order valence-electron chi connectivity index (χ1n) is 9.24. The quantitative estimate of drug-likeness (QED) is 0.889. The molecule has 0 amide bonds. The van der Waals surface area contributed by atoms with Crippen LogP contribution in [0.5, 0.6) is 0 Å². The van der Waals surface area contributed by atoms with E-state index in [9.17, 15) is 0 Å². The Labute approximate surface area is 138 Å². The van der Waals surface area contributed by atoms with E-state index in [4.69, 9.17) is 0 Å². The highest BCUT2D eigenvalue weighted by Gasteiger charge is 2.13.